The summed E-state index contributed by atoms with van der Waals surface area (Å²) in [5.74, 6) is -1.52. The molecule has 1 saturated heterocycles. The van der Waals surface area contributed by atoms with Crippen molar-refractivity contribution >= 4 is 5.91 Å². The summed E-state index contributed by atoms with van der Waals surface area (Å²) < 4.78 is 37.1. The van der Waals surface area contributed by atoms with E-state index >= 15 is 0 Å². The molecule has 0 aromatic heterocycles. The van der Waals surface area contributed by atoms with Crippen LogP contribution in [0.3, 0.4) is 0 Å². The molecule has 1 fully saturated rings. The summed E-state index contributed by atoms with van der Waals surface area (Å²) in [6.07, 6.45) is -4.39. The van der Waals surface area contributed by atoms with Gasteiger partial charge in [-0.1, -0.05) is 0 Å². The van der Waals surface area contributed by atoms with Crippen molar-refractivity contribution in [2.75, 3.05) is 13.1 Å². The second kappa shape index (κ2) is 6.08. The van der Waals surface area contributed by atoms with Crippen LogP contribution in [0.25, 0.3) is 0 Å². The summed E-state index contributed by atoms with van der Waals surface area (Å²) in [7, 11) is 0. The SMILES string of the molecule is NC(=O)C(CC(F)C(F)F)C1CCNCC1. The fourth-order valence-electron chi connectivity index (χ4n) is 2.13. The first-order valence-corrected chi connectivity index (χ1v) is 5.44. The Labute approximate surface area is 92.6 Å². The Hall–Kier alpha value is -0.780. The van der Waals surface area contributed by atoms with Gasteiger partial charge in [0.15, 0.2) is 6.17 Å². The molecule has 0 aliphatic carbocycles. The van der Waals surface area contributed by atoms with E-state index in [0.717, 1.165) is 13.1 Å². The third-order valence-electron chi connectivity index (χ3n) is 3.07. The second-order valence-electron chi connectivity index (χ2n) is 4.18. The van der Waals surface area contributed by atoms with E-state index < -0.39 is 30.8 Å². The molecule has 0 saturated carbocycles. The molecular weight excluding hydrogens is 221 g/mol. The fraction of sp³-hybridized carbons (Fsp3) is 0.900. The number of piperidine rings is 1. The zero-order chi connectivity index (χ0) is 12.1. The van der Waals surface area contributed by atoms with Crippen LogP contribution in [0.4, 0.5) is 13.2 Å². The van der Waals surface area contributed by atoms with Crippen molar-refractivity contribution in [2.24, 2.45) is 17.6 Å². The molecule has 1 rings (SSSR count). The average molecular weight is 238 g/mol. The van der Waals surface area contributed by atoms with Crippen LogP contribution in [0.15, 0.2) is 0 Å². The number of hydrogen-bond acceptors (Lipinski definition) is 2. The molecule has 6 heteroatoms. The normalized spacial score (nSPS) is 22.0. The molecule has 1 aliphatic rings. The van der Waals surface area contributed by atoms with Crippen LogP contribution < -0.4 is 11.1 Å². The Morgan fingerprint density at radius 1 is 1.31 bits per heavy atom. The summed E-state index contributed by atoms with van der Waals surface area (Å²) in [5.41, 5.74) is 5.15. The van der Waals surface area contributed by atoms with Crippen LogP contribution in [0.2, 0.25) is 0 Å². The smallest absolute Gasteiger partial charge is 0.269 e. The number of carbonyl (C=O) groups is 1. The monoisotopic (exact) mass is 238 g/mol. The highest BCUT2D eigenvalue weighted by Gasteiger charge is 2.33. The van der Waals surface area contributed by atoms with Crippen LogP contribution in [0.5, 0.6) is 0 Å². The summed E-state index contributed by atoms with van der Waals surface area (Å²) >= 11 is 0. The number of halogens is 3. The first kappa shape index (κ1) is 13.3. The second-order valence-corrected chi connectivity index (χ2v) is 4.18. The third kappa shape index (κ3) is 3.66. The van der Waals surface area contributed by atoms with Crippen molar-refractivity contribution in [1.29, 1.82) is 0 Å². The molecule has 3 nitrogen and oxygen atoms in total. The minimum atomic E-state index is -3.04. The van der Waals surface area contributed by atoms with Gasteiger partial charge in [-0.25, -0.2) is 13.2 Å². The van der Waals surface area contributed by atoms with Gasteiger partial charge in [0.25, 0.3) is 6.43 Å². The van der Waals surface area contributed by atoms with E-state index in [4.69, 9.17) is 5.73 Å². The lowest BCUT2D eigenvalue weighted by molar-refractivity contribution is -0.125. The number of carbonyl (C=O) groups excluding carboxylic acids is 1. The first-order valence-electron chi connectivity index (χ1n) is 5.44. The van der Waals surface area contributed by atoms with Crippen LogP contribution >= 0.6 is 0 Å². The molecule has 1 heterocycles. The Balaban J connectivity index is 2.55. The van der Waals surface area contributed by atoms with Crippen molar-refractivity contribution in [3.63, 3.8) is 0 Å². The summed E-state index contributed by atoms with van der Waals surface area (Å²) in [5, 5.41) is 3.09. The van der Waals surface area contributed by atoms with Crippen molar-refractivity contribution < 1.29 is 18.0 Å². The number of alkyl halides is 3. The number of primary amides is 1. The lowest BCUT2D eigenvalue weighted by Gasteiger charge is -2.29. The first-order chi connectivity index (χ1) is 7.52. The van der Waals surface area contributed by atoms with Crippen molar-refractivity contribution in [2.45, 2.75) is 31.9 Å². The predicted molar refractivity (Wildman–Crippen MR) is 53.8 cm³/mol. The zero-order valence-electron chi connectivity index (χ0n) is 8.96. The van der Waals surface area contributed by atoms with Gasteiger partial charge < -0.3 is 11.1 Å². The van der Waals surface area contributed by atoms with E-state index in [1.165, 1.54) is 0 Å². The Kier molecular flexibility index (Phi) is 5.05. The molecule has 3 N–H and O–H groups in total. The van der Waals surface area contributed by atoms with Gasteiger partial charge in [0.05, 0.1) is 0 Å². The van der Waals surface area contributed by atoms with E-state index in [-0.39, 0.29) is 5.92 Å². The molecule has 0 spiro atoms. The van der Waals surface area contributed by atoms with Crippen molar-refractivity contribution in [3.05, 3.63) is 0 Å². The molecule has 2 unspecified atom stereocenters. The minimum Gasteiger partial charge on any atom is -0.369 e. The summed E-state index contributed by atoms with van der Waals surface area (Å²) in [4.78, 5) is 11.1. The molecular formula is C10H17F3N2O. The number of nitrogens with two attached hydrogens (primary N) is 1. The molecule has 16 heavy (non-hydrogen) atoms. The third-order valence-corrected chi connectivity index (χ3v) is 3.07. The highest BCUT2D eigenvalue weighted by molar-refractivity contribution is 5.77. The quantitative estimate of drug-likeness (QED) is 0.753. The molecule has 0 aromatic rings. The number of nitrogens with one attached hydrogen (secondary N) is 1. The molecule has 0 radical (unpaired) electrons. The van der Waals surface area contributed by atoms with E-state index in [2.05, 4.69) is 5.32 Å². The highest BCUT2D eigenvalue weighted by atomic mass is 19.3. The summed E-state index contributed by atoms with van der Waals surface area (Å²) in [6.45, 7) is 1.44. The van der Waals surface area contributed by atoms with Gasteiger partial charge in [-0.15, -0.1) is 0 Å². The minimum absolute atomic E-state index is 0.0734. The Morgan fingerprint density at radius 2 is 1.88 bits per heavy atom. The van der Waals surface area contributed by atoms with Gasteiger partial charge in [0.1, 0.15) is 0 Å². The van der Waals surface area contributed by atoms with Crippen LogP contribution in [0.1, 0.15) is 19.3 Å². The number of rotatable bonds is 5. The fourth-order valence-corrected chi connectivity index (χ4v) is 2.13. The van der Waals surface area contributed by atoms with Gasteiger partial charge in [-0.3, -0.25) is 4.79 Å². The van der Waals surface area contributed by atoms with Gasteiger partial charge in [-0.05, 0) is 38.3 Å². The largest absolute Gasteiger partial charge is 0.369 e. The van der Waals surface area contributed by atoms with Crippen LogP contribution in [-0.4, -0.2) is 31.6 Å². The molecule has 1 amide bonds. The van der Waals surface area contributed by atoms with E-state index in [1.807, 2.05) is 0 Å². The number of amides is 1. The Bertz CT molecular complexity index is 232. The van der Waals surface area contributed by atoms with Gasteiger partial charge in [0, 0.05) is 5.92 Å². The van der Waals surface area contributed by atoms with E-state index in [1.54, 1.807) is 0 Å². The molecule has 0 aromatic carbocycles. The molecule has 1 aliphatic heterocycles. The molecule has 2 atom stereocenters. The lowest BCUT2D eigenvalue weighted by Crippen LogP contribution is -2.39. The standard InChI is InChI=1S/C10H17F3N2O/c11-8(9(12)13)5-7(10(14)16)6-1-3-15-4-2-6/h6-9,15H,1-5H2,(H2,14,16). The van der Waals surface area contributed by atoms with Crippen molar-refractivity contribution in [3.8, 4) is 0 Å². The summed E-state index contributed by atoms with van der Waals surface area (Å²) in [6, 6.07) is 0. The van der Waals surface area contributed by atoms with E-state index in [9.17, 15) is 18.0 Å². The topological polar surface area (TPSA) is 55.1 Å². The highest BCUT2D eigenvalue weighted by Crippen LogP contribution is 2.28. The van der Waals surface area contributed by atoms with Gasteiger partial charge in [-0.2, -0.15) is 0 Å². The zero-order valence-corrected chi connectivity index (χ0v) is 8.96. The maximum absolute atomic E-state index is 12.9. The maximum Gasteiger partial charge on any atom is 0.269 e. The van der Waals surface area contributed by atoms with Crippen LogP contribution in [0, 0.1) is 11.8 Å². The maximum atomic E-state index is 12.9. The van der Waals surface area contributed by atoms with Gasteiger partial charge in [0.2, 0.25) is 5.91 Å². The number of hydrogen-bond donors (Lipinski definition) is 2. The van der Waals surface area contributed by atoms with Gasteiger partial charge >= 0.3 is 0 Å². The predicted octanol–water partition coefficient (Wildman–Crippen LogP) is 1.08. The average Bonchev–Trinajstić information content (AvgIpc) is 2.26. The lowest BCUT2D eigenvalue weighted by atomic mass is 9.81. The Morgan fingerprint density at radius 3 is 2.31 bits per heavy atom. The van der Waals surface area contributed by atoms with Crippen LogP contribution in [-0.2, 0) is 4.79 Å². The van der Waals surface area contributed by atoms with Crippen molar-refractivity contribution in [1.82, 2.24) is 5.32 Å². The molecule has 94 valence electrons. The molecule has 0 bridgehead atoms. The van der Waals surface area contributed by atoms with E-state index in [0.29, 0.717) is 12.8 Å².